The van der Waals surface area contributed by atoms with E-state index >= 15 is 0 Å². The average molecular weight is 185 g/mol. The lowest BCUT2D eigenvalue weighted by molar-refractivity contribution is 0.168. The Morgan fingerprint density at radius 2 is 2.50 bits per heavy atom. The van der Waals surface area contributed by atoms with Gasteiger partial charge in [0.15, 0.2) is 0 Å². The van der Waals surface area contributed by atoms with Crippen LogP contribution in [0.3, 0.4) is 0 Å². The van der Waals surface area contributed by atoms with Crippen LogP contribution in [0.2, 0.25) is 0 Å². The first-order valence-corrected chi connectivity index (χ1v) is 5.07. The number of ether oxygens (including phenoxy) is 1. The summed E-state index contributed by atoms with van der Waals surface area (Å²) in [5.74, 6) is 0. The molecule has 0 aliphatic rings. The van der Waals surface area contributed by atoms with Crippen LogP contribution in [0.25, 0.3) is 0 Å². The van der Waals surface area contributed by atoms with Crippen LogP contribution in [0.5, 0.6) is 0 Å². The largest absolute Gasteiger partial charge is 0.383 e. The van der Waals surface area contributed by atoms with Gasteiger partial charge in [0, 0.05) is 7.11 Å². The molecule has 1 atom stereocenters. The monoisotopic (exact) mass is 185 g/mol. The number of hydrogen-bond acceptors (Lipinski definition) is 3. The first-order valence-electron chi connectivity index (χ1n) is 4.13. The van der Waals surface area contributed by atoms with E-state index in [9.17, 15) is 0 Å². The Balaban J connectivity index is 2.53. The van der Waals surface area contributed by atoms with Gasteiger partial charge in [0.05, 0.1) is 12.6 Å². The lowest BCUT2D eigenvalue weighted by atomic mass is 10.1. The van der Waals surface area contributed by atoms with Crippen LogP contribution in [0, 0.1) is 0 Å². The highest BCUT2D eigenvalue weighted by Crippen LogP contribution is 2.16. The van der Waals surface area contributed by atoms with Crippen molar-refractivity contribution >= 4 is 11.3 Å². The summed E-state index contributed by atoms with van der Waals surface area (Å²) in [5, 5.41) is 7.62. The third-order valence-electron chi connectivity index (χ3n) is 1.73. The highest BCUT2D eigenvalue weighted by molar-refractivity contribution is 7.07. The van der Waals surface area contributed by atoms with Crippen LogP contribution in [0.15, 0.2) is 16.8 Å². The maximum atomic E-state index is 5.12. The van der Waals surface area contributed by atoms with Crippen LogP contribution in [-0.4, -0.2) is 20.3 Å². The van der Waals surface area contributed by atoms with E-state index < -0.39 is 0 Å². The number of nitrogens with one attached hydrogen (secondary N) is 1. The third-order valence-corrected chi connectivity index (χ3v) is 2.43. The maximum absolute atomic E-state index is 5.12. The van der Waals surface area contributed by atoms with Crippen LogP contribution in [0.4, 0.5) is 0 Å². The summed E-state index contributed by atoms with van der Waals surface area (Å²) in [7, 11) is 1.73. The Morgan fingerprint density at radius 3 is 3.00 bits per heavy atom. The normalized spacial score (nSPS) is 13.2. The predicted molar refractivity (Wildman–Crippen MR) is 52.6 cm³/mol. The van der Waals surface area contributed by atoms with E-state index in [1.165, 1.54) is 5.56 Å². The van der Waals surface area contributed by atoms with E-state index in [1.807, 2.05) is 0 Å². The molecule has 0 amide bonds. The number of rotatable bonds is 5. The van der Waals surface area contributed by atoms with E-state index in [0.717, 1.165) is 13.2 Å². The van der Waals surface area contributed by atoms with Crippen molar-refractivity contribution in [3.8, 4) is 0 Å². The van der Waals surface area contributed by atoms with E-state index in [0.29, 0.717) is 6.04 Å². The van der Waals surface area contributed by atoms with Gasteiger partial charge in [-0.25, -0.2) is 0 Å². The topological polar surface area (TPSA) is 21.3 Å². The van der Waals surface area contributed by atoms with E-state index in [2.05, 4.69) is 29.1 Å². The zero-order valence-electron chi connectivity index (χ0n) is 7.54. The molecule has 0 radical (unpaired) electrons. The van der Waals surface area contributed by atoms with Gasteiger partial charge in [-0.3, -0.25) is 0 Å². The smallest absolute Gasteiger partial charge is 0.0657 e. The van der Waals surface area contributed by atoms with Gasteiger partial charge in [-0.2, -0.15) is 11.3 Å². The molecule has 0 spiro atoms. The Kier molecular flexibility index (Phi) is 4.29. The summed E-state index contributed by atoms with van der Waals surface area (Å²) in [6.45, 7) is 3.82. The number of likely N-dealkylation sites (N-methyl/N-ethyl adjacent to an activating group) is 1. The molecule has 68 valence electrons. The van der Waals surface area contributed by atoms with Gasteiger partial charge in [-0.1, -0.05) is 6.92 Å². The number of thiophene rings is 1. The van der Waals surface area contributed by atoms with Gasteiger partial charge < -0.3 is 10.1 Å². The van der Waals surface area contributed by atoms with Gasteiger partial charge in [-0.05, 0) is 28.9 Å². The standard InChI is InChI=1S/C9H15NOS/c1-3-10-9(6-11-2)8-4-5-12-7-8/h4-5,7,9-10H,3,6H2,1-2H3. The van der Waals surface area contributed by atoms with Crippen molar-refractivity contribution in [1.29, 1.82) is 0 Å². The summed E-state index contributed by atoms with van der Waals surface area (Å²) < 4.78 is 5.12. The SMILES string of the molecule is CCNC(COC)c1ccsc1. The fourth-order valence-electron chi connectivity index (χ4n) is 1.16. The summed E-state index contributed by atoms with van der Waals surface area (Å²) in [4.78, 5) is 0. The second-order valence-corrected chi connectivity index (χ2v) is 3.40. The predicted octanol–water partition coefficient (Wildman–Crippen LogP) is 2.05. The van der Waals surface area contributed by atoms with E-state index in [-0.39, 0.29) is 0 Å². The van der Waals surface area contributed by atoms with Crippen LogP contribution >= 0.6 is 11.3 Å². The summed E-state index contributed by atoms with van der Waals surface area (Å²) in [6.07, 6.45) is 0. The summed E-state index contributed by atoms with van der Waals surface area (Å²) in [5.41, 5.74) is 1.32. The highest BCUT2D eigenvalue weighted by Gasteiger charge is 2.08. The molecule has 1 aromatic heterocycles. The highest BCUT2D eigenvalue weighted by atomic mass is 32.1. The molecule has 1 unspecified atom stereocenters. The lowest BCUT2D eigenvalue weighted by Gasteiger charge is -2.15. The third kappa shape index (κ3) is 2.59. The molecule has 0 aliphatic heterocycles. The van der Waals surface area contributed by atoms with Gasteiger partial charge in [-0.15, -0.1) is 0 Å². The van der Waals surface area contributed by atoms with Gasteiger partial charge in [0.25, 0.3) is 0 Å². The van der Waals surface area contributed by atoms with E-state index in [1.54, 1.807) is 18.4 Å². The average Bonchev–Trinajstić information content (AvgIpc) is 2.56. The Morgan fingerprint density at radius 1 is 1.67 bits per heavy atom. The Labute approximate surface area is 77.6 Å². The minimum Gasteiger partial charge on any atom is -0.383 e. The maximum Gasteiger partial charge on any atom is 0.0657 e. The molecule has 0 saturated carbocycles. The van der Waals surface area contributed by atoms with E-state index in [4.69, 9.17) is 4.74 Å². The zero-order valence-corrected chi connectivity index (χ0v) is 8.36. The van der Waals surface area contributed by atoms with Crippen LogP contribution in [-0.2, 0) is 4.74 Å². The van der Waals surface area contributed by atoms with Crippen molar-refractivity contribution in [1.82, 2.24) is 5.32 Å². The van der Waals surface area contributed by atoms with Crippen molar-refractivity contribution in [2.45, 2.75) is 13.0 Å². The second kappa shape index (κ2) is 5.30. The molecule has 1 rings (SSSR count). The molecule has 12 heavy (non-hydrogen) atoms. The molecular formula is C9H15NOS. The summed E-state index contributed by atoms with van der Waals surface area (Å²) >= 11 is 1.72. The molecular weight excluding hydrogens is 170 g/mol. The van der Waals surface area contributed by atoms with Crippen molar-refractivity contribution in [3.05, 3.63) is 22.4 Å². The quantitative estimate of drug-likeness (QED) is 0.758. The molecule has 0 bridgehead atoms. The summed E-state index contributed by atoms with van der Waals surface area (Å²) in [6, 6.07) is 2.49. The second-order valence-electron chi connectivity index (χ2n) is 2.62. The fraction of sp³-hybridized carbons (Fsp3) is 0.556. The van der Waals surface area contributed by atoms with Gasteiger partial charge in [0.1, 0.15) is 0 Å². The Hall–Kier alpha value is -0.380. The molecule has 0 aromatic carbocycles. The number of methoxy groups -OCH3 is 1. The molecule has 0 aliphatic carbocycles. The van der Waals surface area contributed by atoms with Crippen molar-refractivity contribution in [2.75, 3.05) is 20.3 Å². The van der Waals surface area contributed by atoms with Crippen molar-refractivity contribution in [2.24, 2.45) is 0 Å². The van der Waals surface area contributed by atoms with Crippen molar-refractivity contribution < 1.29 is 4.74 Å². The van der Waals surface area contributed by atoms with Gasteiger partial charge >= 0.3 is 0 Å². The van der Waals surface area contributed by atoms with Crippen molar-refractivity contribution in [3.63, 3.8) is 0 Å². The number of hydrogen-bond donors (Lipinski definition) is 1. The zero-order chi connectivity index (χ0) is 8.81. The van der Waals surface area contributed by atoms with Crippen LogP contribution < -0.4 is 5.32 Å². The van der Waals surface area contributed by atoms with Gasteiger partial charge in [0.2, 0.25) is 0 Å². The molecule has 0 fully saturated rings. The fourth-order valence-corrected chi connectivity index (χ4v) is 1.87. The Bertz CT molecular complexity index is 192. The first-order chi connectivity index (χ1) is 5.88. The molecule has 1 heterocycles. The molecule has 1 N–H and O–H groups in total. The molecule has 1 aromatic rings. The molecule has 3 heteroatoms. The lowest BCUT2D eigenvalue weighted by Crippen LogP contribution is -2.24. The minimum atomic E-state index is 0.353. The first kappa shape index (κ1) is 9.71. The molecule has 0 saturated heterocycles. The molecule has 2 nitrogen and oxygen atoms in total. The minimum absolute atomic E-state index is 0.353. The van der Waals surface area contributed by atoms with Crippen LogP contribution in [0.1, 0.15) is 18.5 Å².